The molecule has 114 valence electrons. The number of aromatic nitrogens is 1. The van der Waals surface area contributed by atoms with Gasteiger partial charge in [0, 0.05) is 37.7 Å². The van der Waals surface area contributed by atoms with Crippen LogP contribution in [0.4, 0.5) is 0 Å². The molecule has 2 aliphatic heterocycles. The SMILES string of the molecule is CCCC(=O)N1CC2(C[C@@H](OCc3cccnc3)CS2)C1. The zero-order valence-corrected chi connectivity index (χ0v) is 13.3. The second-order valence-corrected chi connectivity index (χ2v) is 7.48. The van der Waals surface area contributed by atoms with Gasteiger partial charge in [-0.2, -0.15) is 0 Å². The second-order valence-electron chi connectivity index (χ2n) is 5.99. The van der Waals surface area contributed by atoms with Crippen LogP contribution in [0.5, 0.6) is 0 Å². The Hall–Kier alpha value is -1.07. The van der Waals surface area contributed by atoms with Gasteiger partial charge < -0.3 is 9.64 Å². The Morgan fingerprint density at radius 2 is 2.43 bits per heavy atom. The van der Waals surface area contributed by atoms with E-state index in [0.29, 0.717) is 25.0 Å². The number of ether oxygens (including phenoxy) is 1. The molecule has 1 spiro atoms. The number of carbonyl (C=O) groups is 1. The Balaban J connectivity index is 1.43. The van der Waals surface area contributed by atoms with Crippen LogP contribution in [0.3, 0.4) is 0 Å². The maximum absolute atomic E-state index is 11.8. The number of thioether (sulfide) groups is 1. The molecule has 0 unspecified atom stereocenters. The smallest absolute Gasteiger partial charge is 0.222 e. The molecular weight excluding hydrogens is 284 g/mol. The van der Waals surface area contributed by atoms with Crippen molar-refractivity contribution in [2.24, 2.45) is 0 Å². The summed E-state index contributed by atoms with van der Waals surface area (Å²) in [7, 11) is 0. The maximum atomic E-state index is 11.8. The highest BCUT2D eigenvalue weighted by molar-refractivity contribution is 8.01. The lowest BCUT2D eigenvalue weighted by atomic mass is 9.92. The summed E-state index contributed by atoms with van der Waals surface area (Å²) in [5, 5.41) is 0. The van der Waals surface area contributed by atoms with Crippen LogP contribution in [0.1, 0.15) is 31.7 Å². The van der Waals surface area contributed by atoms with Gasteiger partial charge in [0.05, 0.1) is 17.5 Å². The third kappa shape index (κ3) is 3.40. The molecule has 0 aromatic carbocycles. The third-order valence-corrected chi connectivity index (χ3v) is 5.73. The van der Waals surface area contributed by atoms with E-state index in [4.69, 9.17) is 4.74 Å². The number of pyridine rings is 1. The normalized spacial score (nSPS) is 23.3. The summed E-state index contributed by atoms with van der Waals surface area (Å²) in [5.41, 5.74) is 1.12. The van der Waals surface area contributed by atoms with E-state index in [9.17, 15) is 4.79 Å². The molecule has 1 aromatic rings. The number of carbonyl (C=O) groups excluding carboxylic acids is 1. The van der Waals surface area contributed by atoms with Crippen LogP contribution in [-0.4, -0.2) is 45.5 Å². The van der Waals surface area contributed by atoms with E-state index >= 15 is 0 Å². The summed E-state index contributed by atoms with van der Waals surface area (Å²) in [6.07, 6.45) is 6.62. The minimum Gasteiger partial charge on any atom is -0.373 e. The van der Waals surface area contributed by atoms with Crippen LogP contribution in [0.25, 0.3) is 0 Å². The molecule has 0 aliphatic carbocycles. The van der Waals surface area contributed by atoms with Crippen molar-refractivity contribution in [3.63, 3.8) is 0 Å². The molecule has 1 atom stereocenters. The van der Waals surface area contributed by atoms with E-state index in [0.717, 1.165) is 37.2 Å². The first kappa shape index (κ1) is 14.9. The lowest BCUT2D eigenvalue weighted by Crippen LogP contribution is -2.60. The lowest BCUT2D eigenvalue weighted by molar-refractivity contribution is -0.136. The van der Waals surface area contributed by atoms with Crippen LogP contribution in [-0.2, 0) is 16.1 Å². The van der Waals surface area contributed by atoms with Crippen molar-refractivity contribution in [1.82, 2.24) is 9.88 Å². The number of nitrogens with zero attached hydrogens (tertiary/aromatic N) is 2. The van der Waals surface area contributed by atoms with E-state index in [1.807, 2.05) is 35.0 Å². The van der Waals surface area contributed by atoms with E-state index < -0.39 is 0 Å². The standard InChI is InChI=1S/C16H22N2O2S/c1-2-4-15(19)18-11-16(12-18)7-14(10-21-16)20-9-13-5-3-6-17-8-13/h3,5-6,8,14H,2,4,7,9-12H2,1H3/t14-/m1/s1. The molecule has 2 fully saturated rings. The molecule has 21 heavy (non-hydrogen) atoms. The van der Waals surface area contributed by atoms with Gasteiger partial charge >= 0.3 is 0 Å². The Labute approximate surface area is 130 Å². The van der Waals surface area contributed by atoms with Gasteiger partial charge in [0.15, 0.2) is 0 Å². The van der Waals surface area contributed by atoms with Crippen molar-refractivity contribution in [3.8, 4) is 0 Å². The van der Waals surface area contributed by atoms with Crippen molar-refractivity contribution in [2.45, 2.75) is 43.6 Å². The Bertz CT molecular complexity index is 488. The quantitative estimate of drug-likeness (QED) is 0.838. The molecule has 5 heteroatoms. The molecule has 2 saturated heterocycles. The average molecular weight is 306 g/mol. The Kier molecular flexibility index (Phi) is 4.50. The third-order valence-electron chi connectivity index (χ3n) is 4.16. The number of rotatable bonds is 5. The number of amides is 1. The summed E-state index contributed by atoms with van der Waals surface area (Å²) in [5.74, 6) is 1.35. The van der Waals surface area contributed by atoms with Crippen LogP contribution in [0.15, 0.2) is 24.5 Å². The first-order chi connectivity index (χ1) is 10.2. The highest BCUT2D eigenvalue weighted by Gasteiger charge is 2.50. The molecule has 0 saturated carbocycles. The van der Waals surface area contributed by atoms with Crippen molar-refractivity contribution >= 4 is 17.7 Å². The van der Waals surface area contributed by atoms with Crippen molar-refractivity contribution in [3.05, 3.63) is 30.1 Å². The van der Waals surface area contributed by atoms with Gasteiger partial charge in [0.2, 0.25) is 5.91 Å². The van der Waals surface area contributed by atoms with E-state index in [1.165, 1.54) is 0 Å². The molecule has 2 aliphatic rings. The lowest BCUT2D eigenvalue weighted by Gasteiger charge is -2.47. The summed E-state index contributed by atoms with van der Waals surface area (Å²) < 4.78 is 6.27. The summed E-state index contributed by atoms with van der Waals surface area (Å²) in [4.78, 5) is 17.9. The molecule has 0 bridgehead atoms. The van der Waals surface area contributed by atoms with Gasteiger partial charge in [-0.1, -0.05) is 13.0 Å². The van der Waals surface area contributed by atoms with Crippen molar-refractivity contribution in [1.29, 1.82) is 0 Å². The van der Waals surface area contributed by atoms with Crippen LogP contribution >= 0.6 is 11.8 Å². The fourth-order valence-electron chi connectivity index (χ4n) is 3.03. The molecule has 0 radical (unpaired) electrons. The predicted molar refractivity (Wildman–Crippen MR) is 84.1 cm³/mol. The van der Waals surface area contributed by atoms with Crippen LogP contribution < -0.4 is 0 Å². The van der Waals surface area contributed by atoms with Crippen LogP contribution in [0.2, 0.25) is 0 Å². The minimum atomic E-state index is 0.267. The number of likely N-dealkylation sites (tertiary alicyclic amines) is 1. The molecule has 3 rings (SSSR count). The molecule has 1 amide bonds. The van der Waals surface area contributed by atoms with Gasteiger partial charge in [-0.3, -0.25) is 9.78 Å². The molecule has 3 heterocycles. The first-order valence-corrected chi connectivity index (χ1v) is 8.61. The van der Waals surface area contributed by atoms with E-state index in [1.54, 1.807) is 6.20 Å². The molecule has 1 aromatic heterocycles. The van der Waals surface area contributed by atoms with Gasteiger partial charge in [-0.15, -0.1) is 11.8 Å². The van der Waals surface area contributed by atoms with Gasteiger partial charge in [0.1, 0.15) is 0 Å². The van der Waals surface area contributed by atoms with E-state index in [2.05, 4.69) is 11.9 Å². The molecule has 0 N–H and O–H groups in total. The highest BCUT2D eigenvalue weighted by Crippen LogP contribution is 2.46. The Morgan fingerprint density at radius 3 is 3.14 bits per heavy atom. The maximum Gasteiger partial charge on any atom is 0.222 e. The van der Waals surface area contributed by atoms with Crippen LogP contribution in [0, 0.1) is 0 Å². The largest absolute Gasteiger partial charge is 0.373 e. The van der Waals surface area contributed by atoms with E-state index in [-0.39, 0.29) is 4.75 Å². The predicted octanol–water partition coefficient (Wildman–Crippen LogP) is 2.48. The summed E-state index contributed by atoms with van der Waals surface area (Å²) >= 11 is 1.98. The number of hydrogen-bond donors (Lipinski definition) is 0. The van der Waals surface area contributed by atoms with Crippen molar-refractivity contribution < 1.29 is 9.53 Å². The van der Waals surface area contributed by atoms with Crippen molar-refractivity contribution in [2.75, 3.05) is 18.8 Å². The monoisotopic (exact) mass is 306 g/mol. The van der Waals surface area contributed by atoms with Gasteiger partial charge in [0.25, 0.3) is 0 Å². The fraction of sp³-hybridized carbons (Fsp3) is 0.625. The minimum absolute atomic E-state index is 0.267. The summed E-state index contributed by atoms with van der Waals surface area (Å²) in [6.45, 7) is 4.50. The van der Waals surface area contributed by atoms with Gasteiger partial charge in [-0.25, -0.2) is 0 Å². The Morgan fingerprint density at radius 1 is 1.57 bits per heavy atom. The number of hydrogen-bond acceptors (Lipinski definition) is 4. The average Bonchev–Trinajstić information content (AvgIpc) is 2.89. The zero-order valence-electron chi connectivity index (χ0n) is 12.5. The first-order valence-electron chi connectivity index (χ1n) is 7.63. The topological polar surface area (TPSA) is 42.4 Å². The summed E-state index contributed by atoms with van der Waals surface area (Å²) in [6, 6.07) is 3.98. The zero-order chi connectivity index (χ0) is 14.7. The highest BCUT2D eigenvalue weighted by atomic mass is 32.2. The molecular formula is C16H22N2O2S. The fourth-order valence-corrected chi connectivity index (χ4v) is 4.58. The second kappa shape index (κ2) is 6.36. The molecule has 4 nitrogen and oxygen atoms in total. The van der Waals surface area contributed by atoms with Gasteiger partial charge in [-0.05, 0) is 24.5 Å².